The molecule has 1 aromatic rings. The largest absolute Gasteiger partial charge is 0.504 e. The van der Waals surface area contributed by atoms with Crippen LogP contribution in [0.1, 0.15) is 23.8 Å². The average Bonchev–Trinajstić information content (AvgIpc) is 2.23. The van der Waals surface area contributed by atoms with Crippen molar-refractivity contribution in [1.82, 2.24) is 4.98 Å². The molecular weight excluding hydrogens is 202 g/mol. The third kappa shape index (κ3) is 2.04. The molecule has 1 aromatic heterocycles. The summed E-state index contributed by atoms with van der Waals surface area (Å²) in [7, 11) is 0. The lowest BCUT2D eigenvalue weighted by Gasteiger charge is -2.00. The summed E-state index contributed by atoms with van der Waals surface area (Å²) in [5.41, 5.74) is -1.34. The molecule has 0 aromatic carbocycles. The molecule has 0 atom stereocenters. The molecule has 0 fully saturated rings. The number of hydrogen-bond donors (Lipinski definition) is 3. The molecular formula is C9H9NO5. The molecule has 0 saturated heterocycles. The van der Waals surface area contributed by atoms with Crippen LogP contribution in [0.2, 0.25) is 0 Å². The number of ketones is 2. The molecule has 0 bridgehead atoms. The van der Waals surface area contributed by atoms with Gasteiger partial charge in [-0.05, 0) is 0 Å². The average molecular weight is 211 g/mol. The van der Waals surface area contributed by atoms with E-state index in [9.17, 15) is 14.4 Å². The molecule has 0 spiro atoms. The summed E-state index contributed by atoms with van der Waals surface area (Å²) >= 11 is 0. The van der Waals surface area contributed by atoms with E-state index in [2.05, 4.69) is 0 Å². The Labute approximate surface area is 84.2 Å². The van der Waals surface area contributed by atoms with Crippen LogP contribution in [0.25, 0.3) is 0 Å². The zero-order valence-corrected chi connectivity index (χ0v) is 7.90. The number of aromatic nitrogens is 1. The zero-order chi connectivity index (χ0) is 11.6. The first-order chi connectivity index (χ1) is 6.97. The van der Waals surface area contributed by atoms with Gasteiger partial charge in [-0.15, -0.1) is 0 Å². The van der Waals surface area contributed by atoms with Gasteiger partial charge in [0.15, 0.2) is 5.75 Å². The lowest BCUT2D eigenvalue weighted by atomic mass is 10.1. The smallest absolute Gasteiger partial charge is 0.294 e. The fraction of sp³-hybridized carbons (Fsp3) is 0.222. The van der Waals surface area contributed by atoms with Crippen LogP contribution < -0.4 is 5.56 Å². The van der Waals surface area contributed by atoms with E-state index >= 15 is 0 Å². The van der Waals surface area contributed by atoms with Gasteiger partial charge in [-0.2, -0.15) is 0 Å². The number of rotatable bonds is 3. The predicted octanol–water partition coefficient (Wildman–Crippen LogP) is -0.0521. The highest BCUT2D eigenvalue weighted by Gasteiger charge is 2.17. The fourth-order valence-corrected chi connectivity index (χ4v) is 0.972. The van der Waals surface area contributed by atoms with Crippen molar-refractivity contribution < 1.29 is 19.8 Å². The van der Waals surface area contributed by atoms with Crippen LogP contribution in [0, 0.1) is 0 Å². The first-order valence-corrected chi connectivity index (χ1v) is 4.20. The summed E-state index contributed by atoms with van der Waals surface area (Å²) in [6.07, 6.45) is 0.00248. The summed E-state index contributed by atoms with van der Waals surface area (Å²) in [5.74, 6) is -3.19. The molecule has 15 heavy (non-hydrogen) atoms. The summed E-state index contributed by atoms with van der Waals surface area (Å²) < 4.78 is 0. The lowest BCUT2D eigenvalue weighted by Crippen LogP contribution is -2.18. The Morgan fingerprint density at radius 1 is 1.40 bits per heavy atom. The van der Waals surface area contributed by atoms with E-state index in [0.29, 0.717) is 0 Å². The molecule has 1 heterocycles. The highest BCUT2D eigenvalue weighted by atomic mass is 16.3. The van der Waals surface area contributed by atoms with Crippen LogP contribution in [-0.2, 0) is 4.79 Å². The number of carbonyl (C=O) groups is 2. The van der Waals surface area contributed by atoms with Crippen LogP contribution in [-0.4, -0.2) is 26.8 Å². The minimum absolute atomic E-state index is 0.00248. The molecule has 0 aliphatic carbocycles. The van der Waals surface area contributed by atoms with E-state index in [4.69, 9.17) is 10.2 Å². The van der Waals surface area contributed by atoms with Crippen molar-refractivity contribution in [2.24, 2.45) is 0 Å². The van der Waals surface area contributed by atoms with Crippen molar-refractivity contribution in [1.29, 1.82) is 0 Å². The molecule has 0 unspecified atom stereocenters. The van der Waals surface area contributed by atoms with Crippen LogP contribution in [0.15, 0.2) is 10.9 Å². The maximum Gasteiger partial charge on any atom is 0.294 e. The van der Waals surface area contributed by atoms with E-state index < -0.39 is 28.6 Å². The lowest BCUT2D eigenvalue weighted by molar-refractivity contribution is -0.114. The Morgan fingerprint density at radius 3 is 2.47 bits per heavy atom. The minimum Gasteiger partial charge on any atom is -0.504 e. The standard InChI is InChI=1S/C9H9NO5/c1-2-5(11)7(13)4-3-6(12)8(14)9(15)10-4/h3,14H,2H2,1H3,(H2,10,12,15). The number of hydrogen-bond acceptors (Lipinski definition) is 5. The second-order valence-electron chi connectivity index (χ2n) is 2.85. The van der Waals surface area contributed by atoms with Gasteiger partial charge < -0.3 is 15.2 Å². The molecule has 3 N–H and O–H groups in total. The summed E-state index contributed by atoms with van der Waals surface area (Å²) in [6, 6.07) is 0.840. The zero-order valence-electron chi connectivity index (χ0n) is 7.90. The molecule has 0 aliphatic heterocycles. The quantitative estimate of drug-likeness (QED) is 0.479. The Hall–Kier alpha value is -2.11. The van der Waals surface area contributed by atoms with Crippen LogP contribution >= 0.6 is 0 Å². The predicted molar refractivity (Wildman–Crippen MR) is 50.0 cm³/mol. The third-order valence-corrected chi connectivity index (χ3v) is 1.81. The van der Waals surface area contributed by atoms with Crippen molar-refractivity contribution in [2.75, 3.05) is 0 Å². The Morgan fingerprint density at radius 2 is 2.00 bits per heavy atom. The Balaban J connectivity index is 3.24. The van der Waals surface area contributed by atoms with Gasteiger partial charge in [0, 0.05) is 12.5 Å². The van der Waals surface area contributed by atoms with E-state index in [0.717, 1.165) is 6.07 Å². The molecule has 1 rings (SSSR count). The number of aromatic amines is 1. The van der Waals surface area contributed by atoms with Crippen molar-refractivity contribution in [3.05, 3.63) is 22.1 Å². The second kappa shape index (κ2) is 3.95. The van der Waals surface area contributed by atoms with E-state index in [1.807, 2.05) is 4.98 Å². The number of carbonyl (C=O) groups excluding carboxylic acids is 2. The van der Waals surface area contributed by atoms with Crippen LogP contribution in [0.4, 0.5) is 0 Å². The summed E-state index contributed by atoms with van der Waals surface area (Å²) in [5, 5.41) is 18.0. The monoisotopic (exact) mass is 211 g/mol. The van der Waals surface area contributed by atoms with Crippen molar-refractivity contribution in [3.8, 4) is 11.5 Å². The van der Waals surface area contributed by atoms with Crippen LogP contribution in [0.5, 0.6) is 11.5 Å². The van der Waals surface area contributed by atoms with Gasteiger partial charge in [0.1, 0.15) is 0 Å². The highest BCUT2D eigenvalue weighted by Crippen LogP contribution is 2.19. The van der Waals surface area contributed by atoms with Gasteiger partial charge in [-0.3, -0.25) is 14.4 Å². The van der Waals surface area contributed by atoms with Gasteiger partial charge >= 0.3 is 0 Å². The van der Waals surface area contributed by atoms with Crippen molar-refractivity contribution in [2.45, 2.75) is 13.3 Å². The van der Waals surface area contributed by atoms with Crippen LogP contribution in [0.3, 0.4) is 0 Å². The molecule has 6 nitrogen and oxygen atoms in total. The maximum absolute atomic E-state index is 11.3. The Kier molecular flexibility index (Phi) is 2.89. The number of pyridine rings is 1. The highest BCUT2D eigenvalue weighted by molar-refractivity contribution is 6.43. The number of aromatic hydroxyl groups is 2. The maximum atomic E-state index is 11.3. The number of H-pyrrole nitrogens is 1. The normalized spacial score (nSPS) is 9.93. The van der Waals surface area contributed by atoms with Crippen molar-refractivity contribution >= 4 is 11.6 Å². The van der Waals surface area contributed by atoms with Gasteiger partial charge in [0.2, 0.25) is 17.3 Å². The molecule has 0 amide bonds. The summed E-state index contributed by atoms with van der Waals surface area (Å²) in [6.45, 7) is 1.50. The molecule has 6 heteroatoms. The number of nitrogens with one attached hydrogen (secondary N) is 1. The van der Waals surface area contributed by atoms with Gasteiger partial charge in [-0.25, -0.2) is 0 Å². The molecule has 0 aliphatic rings. The van der Waals surface area contributed by atoms with Gasteiger partial charge in [0.05, 0.1) is 5.69 Å². The van der Waals surface area contributed by atoms with Crippen molar-refractivity contribution in [3.63, 3.8) is 0 Å². The fourth-order valence-electron chi connectivity index (χ4n) is 0.972. The summed E-state index contributed by atoms with van der Waals surface area (Å²) in [4.78, 5) is 35.2. The Bertz CT molecular complexity index is 474. The molecule has 0 radical (unpaired) electrons. The topological polar surface area (TPSA) is 107 Å². The van der Waals surface area contributed by atoms with E-state index in [1.54, 1.807) is 0 Å². The molecule has 0 saturated carbocycles. The molecule has 80 valence electrons. The first kappa shape index (κ1) is 11.0. The van der Waals surface area contributed by atoms with E-state index in [-0.39, 0.29) is 12.1 Å². The van der Waals surface area contributed by atoms with E-state index in [1.165, 1.54) is 6.92 Å². The van der Waals surface area contributed by atoms with Gasteiger partial charge in [-0.1, -0.05) is 6.92 Å². The SMILES string of the molecule is CCC(=O)C(=O)c1cc(O)c(O)c(=O)[nH]1. The first-order valence-electron chi connectivity index (χ1n) is 4.20. The van der Waals surface area contributed by atoms with Gasteiger partial charge in [0.25, 0.3) is 5.56 Å². The minimum atomic E-state index is -1.01. The third-order valence-electron chi connectivity index (χ3n) is 1.81. The number of Topliss-reactive ketones (excluding diaryl/α,β-unsaturated/α-hetero) is 2. The second-order valence-corrected chi connectivity index (χ2v) is 2.85.